The van der Waals surface area contributed by atoms with Crippen molar-refractivity contribution in [3.05, 3.63) is 28.8 Å². The van der Waals surface area contributed by atoms with Gasteiger partial charge in [0.15, 0.2) is 0 Å². The first-order chi connectivity index (χ1) is 7.96. The third kappa shape index (κ3) is 4.56. The molecule has 0 heterocycles. The summed E-state index contributed by atoms with van der Waals surface area (Å²) in [5.74, 6) is 0.429. The van der Waals surface area contributed by atoms with E-state index in [-0.39, 0.29) is 11.5 Å². The lowest BCUT2D eigenvalue weighted by molar-refractivity contribution is 0.595. The third-order valence-corrected chi connectivity index (χ3v) is 4.70. The highest BCUT2D eigenvalue weighted by Crippen LogP contribution is 2.24. The molecule has 1 aromatic rings. The summed E-state index contributed by atoms with van der Waals surface area (Å²) in [6, 6.07) is 5.68. The van der Waals surface area contributed by atoms with Crippen LogP contribution in [0.5, 0.6) is 0 Å². The number of hydrogen-bond donors (Lipinski definition) is 1. The topological polar surface area (TPSA) is 46.2 Å². The van der Waals surface area contributed by atoms with E-state index in [9.17, 15) is 8.42 Å². The smallest absolute Gasteiger partial charge is 0.150 e. The number of sulfone groups is 1. The van der Waals surface area contributed by atoms with Crippen molar-refractivity contribution in [3.63, 3.8) is 0 Å². The Bertz CT molecular complexity index is 451. The minimum atomic E-state index is -2.87. The molecule has 0 fully saturated rings. The van der Waals surface area contributed by atoms with Crippen molar-refractivity contribution in [2.45, 2.75) is 20.3 Å². The minimum absolute atomic E-state index is 0.206. The molecule has 1 N–H and O–H groups in total. The van der Waals surface area contributed by atoms with Gasteiger partial charge in [-0.2, -0.15) is 0 Å². The van der Waals surface area contributed by atoms with E-state index in [1.165, 1.54) is 0 Å². The highest BCUT2D eigenvalue weighted by molar-refractivity contribution is 7.91. The van der Waals surface area contributed by atoms with Crippen LogP contribution in [0, 0.1) is 6.92 Å². The summed E-state index contributed by atoms with van der Waals surface area (Å²) < 4.78 is 22.6. The molecule has 0 aliphatic heterocycles. The van der Waals surface area contributed by atoms with Gasteiger partial charge in [-0.1, -0.05) is 30.7 Å². The van der Waals surface area contributed by atoms with Crippen molar-refractivity contribution < 1.29 is 8.42 Å². The van der Waals surface area contributed by atoms with Crippen molar-refractivity contribution in [1.29, 1.82) is 0 Å². The molecule has 0 bridgehead atoms. The molecule has 0 amide bonds. The molecule has 1 aromatic carbocycles. The van der Waals surface area contributed by atoms with Crippen LogP contribution in [0.2, 0.25) is 5.02 Å². The van der Waals surface area contributed by atoms with Gasteiger partial charge in [0.05, 0.1) is 16.5 Å². The molecule has 0 atom stereocenters. The van der Waals surface area contributed by atoms with E-state index in [0.717, 1.165) is 11.3 Å². The maximum atomic E-state index is 11.3. The molecule has 0 aromatic heterocycles. The predicted octanol–water partition coefficient (Wildman–Crippen LogP) is 2.89. The van der Waals surface area contributed by atoms with Gasteiger partial charge in [-0.05, 0) is 25.0 Å². The molecule has 96 valence electrons. The molecule has 0 radical (unpaired) electrons. The zero-order valence-electron chi connectivity index (χ0n) is 10.2. The van der Waals surface area contributed by atoms with Crippen molar-refractivity contribution in [1.82, 2.24) is 0 Å². The number of aryl methyl sites for hydroxylation is 1. The number of rotatable bonds is 6. The summed E-state index contributed by atoms with van der Waals surface area (Å²) in [4.78, 5) is 0. The second-order valence-corrected chi connectivity index (χ2v) is 6.83. The van der Waals surface area contributed by atoms with Crippen LogP contribution < -0.4 is 5.32 Å². The van der Waals surface area contributed by atoms with E-state index in [0.29, 0.717) is 18.0 Å². The Hall–Kier alpha value is -0.740. The van der Waals surface area contributed by atoms with E-state index >= 15 is 0 Å². The molecular weight excluding hydrogens is 258 g/mol. The molecule has 5 heteroatoms. The largest absolute Gasteiger partial charge is 0.384 e. The summed E-state index contributed by atoms with van der Waals surface area (Å²) in [6.07, 6.45) is 0.598. The Kier molecular flexibility index (Phi) is 5.28. The van der Waals surface area contributed by atoms with Crippen molar-refractivity contribution >= 4 is 27.1 Å². The molecule has 1 rings (SSSR count). The molecule has 17 heavy (non-hydrogen) atoms. The summed E-state index contributed by atoms with van der Waals surface area (Å²) in [5.41, 5.74) is 1.96. The SMILES string of the molecule is CCS(=O)(=O)CCCNc1c(C)cccc1Cl. The number of hydrogen-bond acceptors (Lipinski definition) is 3. The van der Waals surface area contributed by atoms with E-state index in [4.69, 9.17) is 11.6 Å². The number of anilines is 1. The number of halogens is 1. The van der Waals surface area contributed by atoms with Crippen LogP contribution in [0.4, 0.5) is 5.69 Å². The summed E-state index contributed by atoms with van der Waals surface area (Å²) in [7, 11) is -2.87. The fourth-order valence-electron chi connectivity index (χ4n) is 1.51. The van der Waals surface area contributed by atoms with Crippen LogP contribution in [0.3, 0.4) is 0 Å². The molecule has 0 saturated carbocycles. The normalized spacial score (nSPS) is 11.5. The molecule has 0 spiro atoms. The van der Waals surface area contributed by atoms with Gasteiger partial charge in [0.1, 0.15) is 9.84 Å². The average Bonchev–Trinajstić information content (AvgIpc) is 2.27. The average molecular weight is 276 g/mol. The van der Waals surface area contributed by atoms with Crippen LogP contribution in [-0.2, 0) is 9.84 Å². The quantitative estimate of drug-likeness (QED) is 0.812. The molecule has 0 aliphatic carbocycles. The van der Waals surface area contributed by atoms with Gasteiger partial charge in [-0.25, -0.2) is 8.42 Å². The van der Waals surface area contributed by atoms with E-state index < -0.39 is 9.84 Å². The Morgan fingerprint density at radius 1 is 1.35 bits per heavy atom. The van der Waals surface area contributed by atoms with Crippen LogP contribution in [0.1, 0.15) is 18.9 Å². The van der Waals surface area contributed by atoms with Gasteiger partial charge in [0.2, 0.25) is 0 Å². The Balaban J connectivity index is 2.47. The lowest BCUT2D eigenvalue weighted by Gasteiger charge is -2.11. The van der Waals surface area contributed by atoms with Gasteiger partial charge in [0, 0.05) is 12.3 Å². The van der Waals surface area contributed by atoms with Crippen LogP contribution >= 0.6 is 11.6 Å². The van der Waals surface area contributed by atoms with Gasteiger partial charge in [0.25, 0.3) is 0 Å². The molecule has 0 unspecified atom stereocenters. The van der Waals surface area contributed by atoms with Gasteiger partial charge >= 0.3 is 0 Å². The number of para-hydroxylation sites is 1. The van der Waals surface area contributed by atoms with E-state index in [1.807, 2.05) is 25.1 Å². The first-order valence-corrected chi connectivity index (χ1v) is 7.85. The maximum Gasteiger partial charge on any atom is 0.150 e. The van der Waals surface area contributed by atoms with Crippen LogP contribution in [0.15, 0.2) is 18.2 Å². The lowest BCUT2D eigenvalue weighted by atomic mass is 10.2. The Labute approximate surface area is 108 Å². The Morgan fingerprint density at radius 3 is 2.65 bits per heavy atom. The fourth-order valence-corrected chi connectivity index (χ4v) is 2.67. The first-order valence-electron chi connectivity index (χ1n) is 5.65. The zero-order valence-corrected chi connectivity index (χ0v) is 11.7. The van der Waals surface area contributed by atoms with Crippen molar-refractivity contribution in [3.8, 4) is 0 Å². The first kappa shape index (κ1) is 14.3. The maximum absolute atomic E-state index is 11.3. The van der Waals surface area contributed by atoms with Gasteiger partial charge in [-0.15, -0.1) is 0 Å². The number of benzene rings is 1. The minimum Gasteiger partial charge on any atom is -0.384 e. The second kappa shape index (κ2) is 6.26. The van der Waals surface area contributed by atoms with E-state index in [2.05, 4.69) is 5.32 Å². The predicted molar refractivity (Wildman–Crippen MR) is 73.6 cm³/mol. The fraction of sp³-hybridized carbons (Fsp3) is 0.500. The van der Waals surface area contributed by atoms with E-state index in [1.54, 1.807) is 6.92 Å². The summed E-state index contributed by atoms with van der Waals surface area (Å²) in [5, 5.41) is 3.85. The van der Waals surface area contributed by atoms with Gasteiger partial charge < -0.3 is 5.32 Å². The molecule has 3 nitrogen and oxygen atoms in total. The highest BCUT2D eigenvalue weighted by Gasteiger charge is 2.07. The standard InChI is InChI=1S/C12H18ClNO2S/c1-3-17(15,16)9-5-8-14-12-10(2)6-4-7-11(12)13/h4,6-7,14H,3,5,8-9H2,1-2H3. The van der Waals surface area contributed by atoms with Crippen molar-refractivity contribution in [2.24, 2.45) is 0 Å². The number of nitrogens with one attached hydrogen (secondary N) is 1. The Morgan fingerprint density at radius 2 is 2.06 bits per heavy atom. The second-order valence-electron chi connectivity index (χ2n) is 3.95. The molecular formula is C12H18ClNO2S. The monoisotopic (exact) mass is 275 g/mol. The summed E-state index contributed by atoms with van der Waals surface area (Å²) in [6.45, 7) is 4.25. The molecule has 0 saturated heterocycles. The zero-order chi connectivity index (χ0) is 12.9. The highest BCUT2D eigenvalue weighted by atomic mass is 35.5. The lowest BCUT2D eigenvalue weighted by Crippen LogP contribution is -2.13. The molecule has 0 aliphatic rings. The third-order valence-electron chi connectivity index (χ3n) is 2.60. The van der Waals surface area contributed by atoms with Crippen molar-refractivity contribution in [2.75, 3.05) is 23.4 Å². The van der Waals surface area contributed by atoms with Gasteiger partial charge in [-0.3, -0.25) is 0 Å². The summed E-state index contributed by atoms with van der Waals surface area (Å²) >= 11 is 6.04. The van der Waals surface area contributed by atoms with Crippen LogP contribution in [0.25, 0.3) is 0 Å². The van der Waals surface area contributed by atoms with Crippen LogP contribution in [-0.4, -0.2) is 26.5 Å².